The van der Waals surface area contributed by atoms with Gasteiger partial charge in [0.15, 0.2) is 5.96 Å². The predicted octanol–water partition coefficient (Wildman–Crippen LogP) is 2.38. The number of nitrogens with one attached hydrogen (secondary N) is 2. The van der Waals surface area contributed by atoms with Gasteiger partial charge in [0.1, 0.15) is 0 Å². The van der Waals surface area contributed by atoms with Crippen LogP contribution in [0.2, 0.25) is 0 Å². The highest BCUT2D eigenvalue weighted by atomic mass is 127. The first-order valence-electron chi connectivity index (χ1n) is 9.06. The van der Waals surface area contributed by atoms with Crippen molar-refractivity contribution in [2.45, 2.75) is 38.9 Å². The quantitative estimate of drug-likeness (QED) is 0.374. The summed E-state index contributed by atoms with van der Waals surface area (Å²) in [5.74, 6) is 0.915. The molecule has 2 N–H and O–H groups in total. The summed E-state index contributed by atoms with van der Waals surface area (Å²) in [4.78, 5) is 9.20. The minimum atomic E-state index is 0. The Morgan fingerprint density at radius 2 is 2.04 bits per heavy atom. The van der Waals surface area contributed by atoms with Crippen molar-refractivity contribution in [2.75, 3.05) is 40.3 Å². The van der Waals surface area contributed by atoms with Crippen molar-refractivity contribution in [1.82, 2.24) is 20.4 Å². The van der Waals surface area contributed by atoms with E-state index in [4.69, 9.17) is 0 Å². The summed E-state index contributed by atoms with van der Waals surface area (Å²) in [7, 11) is 3.98. The molecule has 0 saturated carbocycles. The number of nitrogens with zero attached hydrogens (tertiary/aromatic N) is 3. The monoisotopic (exact) mass is 459 g/mol. The molecule has 6 heteroatoms. The van der Waals surface area contributed by atoms with Crippen molar-refractivity contribution in [2.24, 2.45) is 4.99 Å². The maximum Gasteiger partial charge on any atom is 0.191 e. The van der Waals surface area contributed by atoms with Gasteiger partial charge in [-0.2, -0.15) is 0 Å². The molecule has 1 saturated heterocycles. The van der Waals surface area contributed by atoms with E-state index in [1.54, 1.807) is 0 Å². The van der Waals surface area contributed by atoms with Crippen LogP contribution in [0.1, 0.15) is 25.8 Å². The van der Waals surface area contributed by atoms with Gasteiger partial charge in [-0.05, 0) is 32.5 Å². The molecule has 0 spiro atoms. The van der Waals surface area contributed by atoms with E-state index in [0.717, 1.165) is 45.1 Å². The number of likely N-dealkylation sites (N-methyl/N-ethyl adjacent to an activating group) is 1. The molecule has 1 aliphatic rings. The second kappa shape index (κ2) is 11.7. The largest absolute Gasteiger partial charge is 0.355 e. The normalized spacial score (nSPS) is 21.2. The Kier molecular flexibility index (Phi) is 10.4. The van der Waals surface area contributed by atoms with E-state index in [-0.39, 0.29) is 24.0 Å². The number of halogens is 1. The van der Waals surface area contributed by atoms with Crippen molar-refractivity contribution < 1.29 is 0 Å². The summed E-state index contributed by atoms with van der Waals surface area (Å²) in [5, 5.41) is 7.00. The zero-order valence-electron chi connectivity index (χ0n) is 16.0. The van der Waals surface area contributed by atoms with Gasteiger partial charge in [0, 0.05) is 45.3 Å². The zero-order valence-corrected chi connectivity index (χ0v) is 18.4. The lowest BCUT2D eigenvalue weighted by Crippen LogP contribution is -2.46. The Labute approximate surface area is 170 Å². The number of rotatable bonds is 7. The van der Waals surface area contributed by atoms with E-state index in [9.17, 15) is 0 Å². The van der Waals surface area contributed by atoms with Gasteiger partial charge < -0.3 is 15.5 Å². The smallest absolute Gasteiger partial charge is 0.191 e. The Balaban J connectivity index is 0.00000312. The molecular weight excluding hydrogens is 425 g/mol. The summed E-state index contributed by atoms with van der Waals surface area (Å²) in [5.41, 5.74) is 1.38. The van der Waals surface area contributed by atoms with Crippen LogP contribution in [0.15, 0.2) is 35.3 Å². The second-order valence-electron chi connectivity index (χ2n) is 6.74. The highest BCUT2D eigenvalue weighted by Crippen LogP contribution is 2.20. The van der Waals surface area contributed by atoms with Crippen LogP contribution in [0, 0.1) is 0 Å². The number of benzene rings is 1. The van der Waals surface area contributed by atoms with Crippen LogP contribution < -0.4 is 10.6 Å². The molecule has 2 rings (SSSR count). The van der Waals surface area contributed by atoms with Gasteiger partial charge >= 0.3 is 0 Å². The van der Waals surface area contributed by atoms with Crippen molar-refractivity contribution in [3.8, 4) is 0 Å². The Morgan fingerprint density at radius 3 is 2.68 bits per heavy atom. The molecule has 1 aromatic carbocycles. The van der Waals surface area contributed by atoms with Gasteiger partial charge in [-0.3, -0.25) is 9.89 Å². The van der Waals surface area contributed by atoms with E-state index < -0.39 is 0 Å². The molecule has 142 valence electrons. The molecule has 2 atom stereocenters. The highest BCUT2D eigenvalue weighted by molar-refractivity contribution is 14.0. The summed E-state index contributed by atoms with van der Waals surface area (Å²) < 4.78 is 0. The average Bonchev–Trinajstić information content (AvgIpc) is 2.93. The van der Waals surface area contributed by atoms with Crippen LogP contribution in [0.4, 0.5) is 0 Å². The van der Waals surface area contributed by atoms with E-state index >= 15 is 0 Å². The minimum absolute atomic E-state index is 0. The Bertz CT molecular complexity index is 508. The maximum atomic E-state index is 4.37. The lowest BCUT2D eigenvalue weighted by Gasteiger charge is -2.21. The molecule has 5 nitrogen and oxygen atoms in total. The minimum Gasteiger partial charge on any atom is -0.355 e. The third-order valence-electron chi connectivity index (χ3n) is 4.82. The van der Waals surface area contributed by atoms with Gasteiger partial charge in [-0.1, -0.05) is 37.3 Å². The molecule has 1 fully saturated rings. The number of hydrogen-bond donors (Lipinski definition) is 2. The molecule has 0 bridgehead atoms. The van der Waals surface area contributed by atoms with Gasteiger partial charge in [-0.15, -0.1) is 24.0 Å². The first kappa shape index (κ1) is 22.2. The van der Waals surface area contributed by atoms with Crippen molar-refractivity contribution in [1.29, 1.82) is 0 Å². The molecular formula is C19H34IN5. The molecule has 1 aliphatic heterocycles. The fraction of sp³-hybridized carbons (Fsp3) is 0.632. The first-order chi connectivity index (χ1) is 11.6. The summed E-state index contributed by atoms with van der Waals surface area (Å²) in [6, 6.07) is 11.8. The third-order valence-corrected chi connectivity index (χ3v) is 4.82. The Morgan fingerprint density at radius 1 is 1.32 bits per heavy atom. The standard InChI is InChI=1S/C19H33N5.HI/c1-5-23(4)12-11-21-19(20-3)22-18-13-16(2)24(15-18)14-17-9-7-6-8-10-17;/h6-10,16,18H,5,11-15H2,1-4H3,(H2,20,21,22);1H. The van der Waals surface area contributed by atoms with Crippen molar-refractivity contribution in [3.63, 3.8) is 0 Å². The lowest BCUT2D eigenvalue weighted by molar-refractivity contribution is 0.258. The van der Waals surface area contributed by atoms with Crippen molar-refractivity contribution in [3.05, 3.63) is 35.9 Å². The molecule has 1 aromatic rings. The van der Waals surface area contributed by atoms with Crippen LogP contribution in [0.25, 0.3) is 0 Å². The second-order valence-corrected chi connectivity index (χ2v) is 6.74. The van der Waals surface area contributed by atoms with E-state index in [0.29, 0.717) is 12.1 Å². The summed E-state index contributed by atoms with van der Waals surface area (Å²) >= 11 is 0. The topological polar surface area (TPSA) is 42.9 Å². The highest BCUT2D eigenvalue weighted by Gasteiger charge is 2.29. The molecule has 1 heterocycles. The van der Waals surface area contributed by atoms with E-state index in [2.05, 4.69) is 76.7 Å². The van der Waals surface area contributed by atoms with Crippen LogP contribution in [-0.4, -0.2) is 68.1 Å². The predicted molar refractivity (Wildman–Crippen MR) is 118 cm³/mol. The van der Waals surface area contributed by atoms with Gasteiger partial charge in [0.05, 0.1) is 0 Å². The molecule has 2 unspecified atom stereocenters. The van der Waals surface area contributed by atoms with Crippen molar-refractivity contribution >= 4 is 29.9 Å². The molecule has 0 radical (unpaired) electrons. The average molecular weight is 459 g/mol. The maximum absolute atomic E-state index is 4.37. The van der Waals surface area contributed by atoms with Crippen LogP contribution in [0.3, 0.4) is 0 Å². The SMILES string of the molecule is CCN(C)CCNC(=NC)NC1CC(C)N(Cc2ccccc2)C1.I. The number of likely N-dealkylation sites (tertiary alicyclic amines) is 1. The number of hydrogen-bond acceptors (Lipinski definition) is 3. The summed E-state index contributed by atoms with van der Waals surface area (Å²) in [6.07, 6.45) is 1.16. The van der Waals surface area contributed by atoms with Gasteiger partial charge in [0.25, 0.3) is 0 Å². The lowest BCUT2D eigenvalue weighted by atomic mass is 10.2. The molecule has 0 aromatic heterocycles. The first-order valence-corrected chi connectivity index (χ1v) is 9.06. The number of aliphatic imine (C=N–C) groups is 1. The third kappa shape index (κ3) is 7.50. The molecule has 0 aliphatic carbocycles. The van der Waals surface area contributed by atoms with E-state index in [1.165, 1.54) is 5.56 Å². The Hall–Kier alpha value is -0.860. The van der Waals surface area contributed by atoms with Crippen LogP contribution in [-0.2, 0) is 6.54 Å². The van der Waals surface area contributed by atoms with Gasteiger partial charge in [0.2, 0.25) is 0 Å². The van der Waals surface area contributed by atoms with Crippen LogP contribution in [0.5, 0.6) is 0 Å². The fourth-order valence-corrected chi connectivity index (χ4v) is 3.15. The van der Waals surface area contributed by atoms with Crippen LogP contribution >= 0.6 is 24.0 Å². The molecule has 0 amide bonds. The summed E-state index contributed by atoms with van der Waals surface area (Å²) in [6.45, 7) is 9.59. The number of guanidine groups is 1. The van der Waals surface area contributed by atoms with E-state index in [1.807, 2.05) is 7.05 Å². The molecule has 25 heavy (non-hydrogen) atoms. The zero-order chi connectivity index (χ0) is 17.4. The van der Waals surface area contributed by atoms with Gasteiger partial charge in [-0.25, -0.2) is 0 Å². The fourth-order valence-electron chi connectivity index (χ4n) is 3.15.